The van der Waals surface area contributed by atoms with Gasteiger partial charge in [-0.25, -0.2) is 0 Å². The largest absolute Gasteiger partial charge is 0.458 e. The Hall–Kier alpha value is -1.77. The van der Waals surface area contributed by atoms with Gasteiger partial charge in [0.05, 0.1) is 0 Å². The van der Waals surface area contributed by atoms with Crippen molar-refractivity contribution >= 4 is 6.72 Å². The second-order valence-electron chi connectivity index (χ2n) is 3.18. The van der Waals surface area contributed by atoms with Crippen LogP contribution in [0.3, 0.4) is 0 Å². The van der Waals surface area contributed by atoms with Crippen LogP contribution in [0.2, 0.25) is 0 Å². The summed E-state index contributed by atoms with van der Waals surface area (Å²) in [7, 11) is 0. The Morgan fingerprint density at radius 1 is 1.47 bits per heavy atom. The fourth-order valence-corrected chi connectivity index (χ4v) is 1.06. The quantitative estimate of drug-likeness (QED) is 0.522. The molecule has 0 aromatic carbocycles. The molecule has 0 saturated heterocycles. The molecule has 0 aliphatic carbocycles. The van der Waals surface area contributed by atoms with E-state index in [1.165, 1.54) is 0 Å². The molecule has 1 aliphatic heterocycles. The van der Waals surface area contributed by atoms with Crippen LogP contribution in [0.1, 0.15) is 13.8 Å². The van der Waals surface area contributed by atoms with Crippen LogP contribution in [0.25, 0.3) is 0 Å². The van der Waals surface area contributed by atoms with Crippen LogP contribution in [0.4, 0.5) is 0 Å². The zero-order valence-corrected chi connectivity index (χ0v) is 9.12. The third-order valence-corrected chi connectivity index (χ3v) is 2.07. The first kappa shape index (κ1) is 11.3. The molecule has 0 atom stereocenters. The van der Waals surface area contributed by atoms with Crippen molar-refractivity contribution < 1.29 is 9.47 Å². The molecule has 1 rings (SSSR count). The lowest BCUT2D eigenvalue weighted by atomic mass is 10.1. The molecule has 0 N–H and O–H groups in total. The van der Waals surface area contributed by atoms with Gasteiger partial charge in [0.1, 0.15) is 5.76 Å². The average Bonchev–Trinajstić information content (AvgIpc) is 2.61. The standard InChI is InChI=1S/C12H15NO2/c1-9(5-6-13-4)10(2)7-12-11(3)14-8-15-12/h5-7H,1,4,8H2,2-3H3. The molecule has 0 spiro atoms. The zero-order valence-electron chi connectivity index (χ0n) is 9.12. The average molecular weight is 205 g/mol. The minimum absolute atomic E-state index is 0.293. The lowest BCUT2D eigenvalue weighted by Crippen LogP contribution is -1.85. The molecule has 0 bridgehead atoms. The highest BCUT2D eigenvalue weighted by Gasteiger charge is 2.10. The first-order valence-electron chi connectivity index (χ1n) is 4.61. The van der Waals surface area contributed by atoms with E-state index in [4.69, 9.17) is 9.47 Å². The molecule has 15 heavy (non-hydrogen) atoms. The summed E-state index contributed by atoms with van der Waals surface area (Å²) in [4.78, 5) is 3.62. The smallest absolute Gasteiger partial charge is 0.230 e. The van der Waals surface area contributed by atoms with Crippen molar-refractivity contribution in [1.29, 1.82) is 0 Å². The lowest BCUT2D eigenvalue weighted by Gasteiger charge is -2.00. The van der Waals surface area contributed by atoms with Gasteiger partial charge in [0, 0.05) is 6.20 Å². The fraction of sp³-hybridized carbons (Fsp3) is 0.250. The summed E-state index contributed by atoms with van der Waals surface area (Å²) in [6.07, 6.45) is 5.30. The van der Waals surface area contributed by atoms with Gasteiger partial charge in [-0.1, -0.05) is 6.58 Å². The van der Waals surface area contributed by atoms with E-state index >= 15 is 0 Å². The summed E-state index contributed by atoms with van der Waals surface area (Å²) in [5, 5.41) is 0. The highest BCUT2D eigenvalue weighted by atomic mass is 16.7. The van der Waals surface area contributed by atoms with Crippen molar-refractivity contribution in [2.75, 3.05) is 6.79 Å². The van der Waals surface area contributed by atoms with Gasteiger partial charge >= 0.3 is 0 Å². The zero-order chi connectivity index (χ0) is 11.3. The Balaban J connectivity index is 2.75. The van der Waals surface area contributed by atoms with Crippen LogP contribution in [0.15, 0.2) is 52.6 Å². The molecule has 0 amide bonds. The molecule has 1 aliphatic rings. The minimum Gasteiger partial charge on any atom is -0.458 e. The van der Waals surface area contributed by atoms with Crippen LogP contribution in [0, 0.1) is 0 Å². The first-order chi connectivity index (χ1) is 7.15. The molecule has 80 valence electrons. The van der Waals surface area contributed by atoms with Gasteiger partial charge in [0.25, 0.3) is 0 Å². The van der Waals surface area contributed by atoms with Crippen LogP contribution in [-0.2, 0) is 9.47 Å². The van der Waals surface area contributed by atoms with E-state index in [1.807, 2.05) is 19.9 Å². The Kier molecular flexibility index (Phi) is 3.92. The maximum atomic E-state index is 5.27. The van der Waals surface area contributed by atoms with Crippen molar-refractivity contribution in [1.82, 2.24) is 0 Å². The van der Waals surface area contributed by atoms with Crippen molar-refractivity contribution in [2.24, 2.45) is 4.99 Å². The number of hydrogen-bond donors (Lipinski definition) is 0. The third kappa shape index (κ3) is 3.13. The molecule has 0 unspecified atom stereocenters. The predicted octanol–water partition coefficient (Wildman–Crippen LogP) is 2.94. The molecule has 0 aromatic heterocycles. The maximum absolute atomic E-state index is 5.27. The van der Waals surface area contributed by atoms with E-state index in [0.29, 0.717) is 6.79 Å². The number of rotatable bonds is 4. The molecular formula is C12H15NO2. The highest BCUT2D eigenvalue weighted by molar-refractivity contribution is 5.40. The van der Waals surface area contributed by atoms with E-state index in [-0.39, 0.29) is 0 Å². The van der Waals surface area contributed by atoms with E-state index in [0.717, 1.165) is 22.7 Å². The molecule has 0 fully saturated rings. The second kappa shape index (κ2) is 5.20. The Morgan fingerprint density at radius 2 is 2.20 bits per heavy atom. The molecule has 0 saturated carbocycles. The Morgan fingerprint density at radius 3 is 2.73 bits per heavy atom. The SMILES string of the molecule is C=NC=CC(=C)C(C)=CC1=C(C)OCO1. The number of aliphatic imine (C=N–C) groups is 1. The van der Waals surface area contributed by atoms with E-state index in [2.05, 4.69) is 18.3 Å². The van der Waals surface area contributed by atoms with E-state index in [9.17, 15) is 0 Å². The van der Waals surface area contributed by atoms with Crippen molar-refractivity contribution in [3.05, 3.63) is 47.6 Å². The van der Waals surface area contributed by atoms with Crippen LogP contribution in [-0.4, -0.2) is 13.5 Å². The fourth-order valence-electron chi connectivity index (χ4n) is 1.06. The van der Waals surface area contributed by atoms with Crippen molar-refractivity contribution in [3.8, 4) is 0 Å². The van der Waals surface area contributed by atoms with Gasteiger partial charge in [-0.05, 0) is 43.9 Å². The number of hydrogen-bond acceptors (Lipinski definition) is 3. The maximum Gasteiger partial charge on any atom is 0.230 e. The summed E-state index contributed by atoms with van der Waals surface area (Å²) in [5.74, 6) is 1.56. The monoisotopic (exact) mass is 205 g/mol. The summed E-state index contributed by atoms with van der Waals surface area (Å²) in [5.41, 5.74) is 1.88. The van der Waals surface area contributed by atoms with Gasteiger partial charge in [0.2, 0.25) is 6.79 Å². The highest BCUT2D eigenvalue weighted by Crippen LogP contribution is 2.20. The van der Waals surface area contributed by atoms with Gasteiger partial charge in [-0.3, -0.25) is 4.99 Å². The topological polar surface area (TPSA) is 30.8 Å². The third-order valence-electron chi connectivity index (χ3n) is 2.07. The van der Waals surface area contributed by atoms with Crippen molar-refractivity contribution in [2.45, 2.75) is 13.8 Å². The summed E-state index contributed by atoms with van der Waals surface area (Å²) >= 11 is 0. The van der Waals surface area contributed by atoms with Crippen molar-refractivity contribution in [3.63, 3.8) is 0 Å². The van der Waals surface area contributed by atoms with E-state index in [1.54, 1.807) is 12.3 Å². The summed E-state index contributed by atoms with van der Waals surface area (Å²) < 4.78 is 10.4. The number of nitrogens with zero attached hydrogens (tertiary/aromatic N) is 1. The summed E-state index contributed by atoms with van der Waals surface area (Å²) in [6.45, 7) is 11.4. The molecule has 1 heterocycles. The van der Waals surface area contributed by atoms with Gasteiger partial charge in [0.15, 0.2) is 5.76 Å². The first-order valence-corrected chi connectivity index (χ1v) is 4.61. The lowest BCUT2D eigenvalue weighted by molar-refractivity contribution is 0.0749. The predicted molar refractivity (Wildman–Crippen MR) is 61.3 cm³/mol. The van der Waals surface area contributed by atoms with Gasteiger partial charge in [-0.2, -0.15) is 0 Å². The Labute approximate surface area is 90.1 Å². The second-order valence-corrected chi connectivity index (χ2v) is 3.18. The van der Waals surface area contributed by atoms with E-state index < -0.39 is 0 Å². The number of allylic oxidation sites excluding steroid dienone is 5. The summed E-state index contributed by atoms with van der Waals surface area (Å²) in [6, 6.07) is 0. The minimum atomic E-state index is 0.293. The van der Waals surface area contributed by atoms with Gasteiger partial charge < -0.3 is 9.47 Å². The normalized spacial score (nSPS) is 16.5. The molecule has 0 radical (unpaired) electrons. The molecule has 3 nitrogen and oxygen atoms in total. The molecule has 0 aromatic rings. The molecular weight excluding hydrogens is 190 g/mol. The van der Waals surface area contributed by atoms with Crippen LogP contribution < -0.4 is 0 Å². The Bertz CT molecular complexity index is 362. The molecule has 3 heteroatoms. The number of ether oxygens (including phenoxy) is 2. The van der Waals surface area contributed by atoms with Gasteiger partial charge in [-0.15, -0.1) is 0 Å². The van der Waals surface area contributed by atoms with Crippen LogP contribution in [0.5, 0.6) is 0 Å². The van der Waals surface area contributed by atoms with Crippen LogP contribution >= 0.6 is 0 Å².